The first kappa shape index (κ1) is 27.4. The summed E-state index contributed by atoms with van der Waals surface area (Å²) in [4.78, 5) is 55.2. The van der Waals surface area contributed by atoms with Gasteiger partial charge < -0.3 is 10.1 Å². The average molecular weight is 655 g/mol. The first-order valence-corrected chi connectivity index (χ1v) is 15.0. The minimum atomic E-state index is -0.839. The molecule has 3 amide bonds. The number of thiazole rings is 1. The third kappa shape index (κ3) is 5.00. The van der Waals surface area contributed by atoms with Crippen molar-refractivity contribution in [2.75, 3.05) is 17.3 Å². The van der Waals surface area contributed by atoms with Crippen molar-refractivity contribution in [3.8, 4) is 5.75 Å². The Morgan fingerprint density at radius 2 is 1.76 bits per heavy atom. The van der Waals surface area contributed by atoms with E-state index in [9.17, 15) is 23.6 Å². The number of nitrogens with one attached hydrogen (secondary N) is 1. The summed E-state index contributed by atoms with van der Waals surface area (Å²) in [5.74, 6) is -2.51. The molecule has 1 aromatic heterocycles. The predicted molar refractivity (Wildman–Crippen MR) is 158 cm³/mol. The highest BCUT2D eigenvalue weighted by atomic mass is 79.9. The SMILES string of the molecule is COc1ccc(NC(=O)Cn2c3c(sc2=O)[C@H](c2cccc(Br)c2)C2C(=O)N(c4ccc(F)cc4)C(=O)C2S3)cc1. The number of halogens is 2. The number of fused-ring (bicyclic) bond motifs is 2. The van der Waals surface area contributed by atoms with Gasteiger partial charge in [0.15, 0.2) is 0 Å². The molecule has 6 rings (SSSR count). The van der Waals surface area contributed by atoms with Crippen molar-refractivity contribution in [3.63, 3.8) is 0 Å². The molecule has 1 fully saturated rings. The number of carbonyl (C=O) groups is 3. The zero-order chi connectivity index (χ0) is 28.8. The lowest BCUT2D eigenvalue weighted by molar-refractivity contribution is -0.122. The molecule has 0 saturated carbocycles. The Bertz CT molecular complexity index is 1740. The largest absolute Gasteiger partial charge is 0.497 e. The molecule has 4 aromatic rings. The number of imide groups is 1. The van der Waals surface area contributed by atoms with Crippen LogP contribution in [0, 0.1) is 11.7 Å². The molecule has 2 aliphatic rings. The molecule has 208 valence electrons. The van der Waals surface area contributed by atoms with E-state index in [-0.39, 0.29) is 17.1 Å². The molecule has 1 N–H and O–H groups in total. The Balaban J connectivity index is 1.39. The van der Waals surface area contributed by atoms with Gasteiger partial charge in [-0.25, -0.2) is 9.29 Å². The number of thioether (sulfide) groups is 1. The van der Waals surface area contributed by atoms with Gasteiger partial charge in [0.05, 0.1) is 23.7 Å². The number of rotatable bonds is 6. The van der Waals surface area contributed by atoms with Crippen LogP contribution in [-0.4, -0.2) is 34.6 Å². The summed E-state index contributed by atoms with van der Waals surface area (Å²) in [5, 5.41) is 2.43. The van der Waals surface area contributed by atoms with Gasteiger partial charge in [0, 0.05) is 21.0 Å². The van der Waals surface area contributed by atoms with E-state index in [0.717, 1.165) is 38.0 Å². The highest BCUT2D eigenvalue weighted by molar-refractivity contribution is 9.10. The number of ether oxygens (including phenoxy) is 1. The van der Waals surface area contributed by atoms with Crippen LogP contribution in [0.4, 0.5) is 15.8 Å². The van der Waals surface area contributed by atoms with Gasteiger partial charge in [-0.1, -0.05) is 51.2 Å². The van der Waals surface area contributed by atoms with Gasteiger partial charge in [0.2, 0.25) is 17.7 Å². The fourth-order valence-electron chi connectivity index (χ4n) is 5.18. The van der Waals surface area contributed by atoms with Gasteiger partial charge in [-0.15, -0.1) is 0 Å². The molecule has 3 aromatic carbocycles. The summed E-state index contributed by atoms with van der Waals surface area (Å²) in [5.41, 5.74) is 1.58. The van der Waals surface area contributed by atoms with Crippen LogP contribution in [0.15, 0.2) is 87.1 Å². The first-order valence-electron chi connectivity index (χ1n) is 12.5. The number of nitrogens with zero attached hydrogens (tertiary/aromatic N) is 2. The topological polar surface area (TPSA) is 97.7 Å². The number of amides is 3. The van der Waals surface area contributed by atoms with Crippen molar-refractivity contribution >= 4 is 68.1 Å². The van der Waals surface area contributed by atoms with Crippen LogP contribution in [-0.2, 0) is 20.9 Å². The molecule has 2 aliphatic heterocycles. The fourth-order valence-corrected chi connectivity index (χ4v) is 8.37. The van der Waals surface area contributed by atoms with Gasteiger partial charge in [-0.05, 0) is 66.2 Å². The Kier molecular flexibility index (Phi) is 7.30. The molecule has 2 unspecified atom stereocenters. The molecular weight excluding hydrogens is 633 g/mol. The maximum Gasteiger partial charge on any atom is 0.308 e. The second-order valence-corrected chi connectivity index (χ2v) is 12.5. The number of hydrogen-bond donors (Lipinski definition) is 1. The smallest absolute Gasteiger partial charge is 0.308 e. The zero-order valence-corrected chi connectivity index (χ0v) is 24.6. The molecule has 0 aliphatic carbocycles. The first-order chi connectivity index (χ1) is 19.7. The zero-order valence-electron chi connectivity index (χ0n) is 21.4. The van der Waals surface area contributed by atoms with Crippen LogP contribution >= 0.6 is 39.0 Å². The second kappa shape index (κ2) is 10.9. The molecular formula is C29H21BrFN3O5S2. The Labute approximate surface area is 250 Å². The van der Waals surface area contributed by atoms with E-state index >= 15 is 0 Å². The third-order valence-corrected chi connectivity index (χ3v) is 10.1. The monoisotopic (exact) mass is 653 g/mol. The van der Waals surface area contributed by atoms with Gasteiger partial charge in [-0.3, -0.25) is 23.7 Å². The molecule has 41 heavy (non-hydrogen) atoms. The lowest BCUT2D eigenvalue weighted by Gasteiger charge is -2.30. The normalized spacial score (nSPS) is 19.6. The van der Waals surface area contributed by atoms with Crippen molar-refractivity contribution in [1.82, 2.24) is 4.57 Å². The van der Waals surface area contributed by atoms with Gasteiger partial charge in [0.1, 0.15) is 23.4 Å². The molecule has 12 heteroatoms. The average Bonchev–Trinajstić information content (AvgIpc) is 3.40. The molecule has 0 spiro atoms. The Hall–Kier alpha value is -3.74. The number of aromatic nitrogens is 1. The van der Waals surface area contributed by atoms with E-state index in [1.54, 1.807) is 31.4 Å². The van der Waals surface area contributed by atoms with E-state index in [1.165, 1.54) is 28.8 Å². The molecule has 0 bridgehead atoms. The quantitative estimate of drug-likeness (QED) is 0.285. The maximum atomic E-state index is 13.9. The second-order valence-electron chi connectivity index (χ2n) is 9.49. The van der Waals surface area contributed by atoms with Crippen molar-refractivity contribution in [1.29, 1.82) is 0 Å². The number of benzene rings is 3. The molecule has 8 nitrogen and oxygen atoms in total. The number of hydrogen-bond acceptors (Lipinski definition) is 7. The van der Waals surface area contributed by atoms with Gasteiger partial charge >= 0.3 is 4.87 Å². The van der Waals surface area contributed by atoms with E-state index in [1.807, 2.05) is 24.3 Å². The predicted octanol–water partition coefficient (Wildman–Crippen LogP) is 5.25. The van der Waals surface area contributed by atoms with E-state index < -0.39 is 40.6 Å². The number of methoxy groups -OCH3 is 1. The fraction of sp³-hybridized carbons (Fsp3) is 0.172. The van der Waals surface area contributed by atoms with Gasteiger partial charge in [-0.2, -0.15) is 0 Å². The summed E-state index contributed by atoms with van der Waals surface area (Å²) in [6, 6.07) is 19.4. The molecule has 3 heterocycles. The molecule has 3 atom stereocenters. The highest BCUT2D eigenvalue weighted by Crippen LogP contribution is 2.54. The highest BCUT2D eigenvalue weighted by Gasteiger charge is 2.56. The van der Waals surface area contributed by atoms with Crippen LogP contribution in [0.1, 0.15) is 16.4 Å². The van der Waals surface area contributed by atoms with E-state index in [2.05, 4.69) is 21.2 Å². The van der Waals surface area contributed by atoms with Crippen molar-refractivity contribution in [2.24, 2.45) is 5.92 Å². The lowest BCUT2D eigenvalue weighted by Crippen LogP contribution is -2.33. The summed E-state index contributed by atoms with van der Waals surface area (Å²) in [7, 11) is 1.55. The number of anilines is 2. The van der Waals surface area contributed by atoms with Crippen LogP contribution < -0.4 is 19.8 Å². The Morgan fingerprint density at radius 1 is 1.02 bits per heavy atom. The third-order valence-electron chi connectivity index (χ3n) is 7.02. The minimum absolute atomic E-state index is 0.268. The van der Waals surface area contributed by atoms with Crippen molar-refractivity contribution in [3.05, 3.63) is 103 Å². The van der Waals surface area contributed by atoms with E-state index in [0.29, 0.717) is 21.3 Å². The Morgan fingerprint density at radius 3 is 2.44 bits per heavy atom. The van der Waals surface area contributed by atoms with Crippen LogP contribution in [0.5, 0.6) is 5.75 Å². The van der Waals surface area contributed by atoms with Crippen molar-refractivity contribution < 1.29 is 23.5 Å². The summed E-state index contributed by atoms with van der Waals surface area (Å²) >= 11 is 5.59. The summed E-state index contributed by atoms with van der Waals surface area (Å²) in [6.07, 6.45) is 0. The molecule has 1 saturated heterocycles. The van der Waals surface area contributed by atoms with Gasteiger partial charge in [0.25, 0.3) is 0 Å². The minimum Gasteiger partial charge on any atom is -0.497 e. The number of carbonyl (C=O) groups excluding carboxylic acids is 3. The lowest BCUT2D eigenvalue weighted by atomic mass is 9.83. The molecule has 0 radical (unpaired) electrons. The summed E-state index contributed by atoms with van der Waals surface area (Å²) < 4.78 is 20.9. The maximum absolute atomic E-state index is 13.9. The van der Waals surface area contributed by atoms with E-state index in [4.69, 9.17) is 4.74 Å². The standard InChI is InChI=1S/C29H21BrFN3O5S2/c1-39-20-11-7-18(8-12-20)32-21(35)14-33-28-25(41-29(33)38)22(15-3-2-4-16(30)13-15)23-24(40-28)27(37)34(26(23)36)19-9-5-17(31)6-10-19/h2-13,22-24H,14H2,1H3,(H,32,35)/t22-,23?,24?/m1/s1. The van der Waals surface area contributed by atoms with Crippen molar-refractivity contribution in [2.45, 2.75) is 22.7 Å². The summed E-state index contributed by atoms with van der Waals surface area (Å²) in [6.45, 7) is -0.268. The van der Waals surface area contributed by atoms with Crippen LogP contribution in [0.25, 0.3) is 0 Å². The van der Waals surface area contributed by atoms with Crippen LogP contribution in [0.2, 0.25) is 0 Å². The van der Waals surface area contributed by atoms with Crippen LogP contribution in [0.3, 0.4) is 0 Å².